The molecule has 0 fully saturated rings. The second kappa shape index (κ2) is 7.87. The summed E-state index contributed by atoms with van der Waals surface area (Å²) >= 11 is 0. The Kier molecular flexibility index (Phi) is 5.87. The minimum atomic E-state index is 0.0123. The molecule has 0 radical (unpaired) electrons. The summed E-state index contributed by atoms with van der Waals surface area (Å²) in [6.45, 7) is 5.96. The van der Waals surface area contributed by atoms with Crippen LogP contribution in [0.1, 0.15) is 39.5 Å². The molecule has 120 valence electrons. The number of benzene rings is 1. The lowest BCUT2D eigenvalue weighted by molar-refractivity contribution is 0.210. The first-order valence-corrected chi connectivity index (χ1v) is 8.27. The molecule has 0 aliphatic rings. The highest BCUT2D eigenvalue weighted by Gasteiger charge is 2.15. The normalized spacial score (nSPS) is 10.9. The Balaban J connectivity index is 2.13. The summed E-state index contributed by atoms with van der Waals surface area (Å²) in [6.07, 6.45) is 6.29. The zero-order valence-electron chi connectivity index (χ0n) is 13.9. The van der Waals surface area contributed by atoms with Crippen molar-refractivity contribution in [2.75, 3.05) is 18.4 Å². The fraction of sp³-hybridized carbons (Fsp3) is 0.500. The molecule has 1 heterocycles. The van der Waals surface area contributed by atoms with E-state index in [0.717, 1.165) is 55.4 Å². The molecule has 2 amide bonds. The Morgan fingerprint density at radius 3 is 2.41 bits per heavy atom. The molecule has 1 aromatic heterocycles. The average molecular weight is 301 g/mol. The van der Waals surface area contributed by atoms with Gasteiger partial charge in [0.25, 0.3) is 0 Å². The lowest BCUT2D eigenvalue weighted by Crippen LogP contribution is -2.36. The quantitative estimate of drug-likeness (QED) is 0.796. The number of nitrogens with zero attached hydrogens (tertiary/aromatic N) is 2. The zero-order valence-corrected chi connectivity index (χ0v) is 13.9. The number of rotatable bonds is 7. The Bertz CT molecular complexity index is 610. The van der Waals surface area contributed by atoms with Crippen LogP contribution >= 0.6 is 0 Å². The van der Waals surface area contributed by atoms with Gasteiger partial charge in [0.15, 0.2) is 0 Å². The number of fused-ring (bicyclic) bond motifs is 1. The standard InChI is InChI=1S/C18H27N3O/c1-4-6-12-21(13-7-5-2)18(22)19-16-14-20(3)17-11-9-8-10-15(16)17/h8-11,14H,4-7,12-13H2,1-3H3,(H,19,22). The highest BCUT2D eigenvalue weighted by Crippen LogP contribution is 2.25. The summed E-state index contributed by atoms with van der Waals surface area (Å²) in [5.74, 6) is 0. The van der Waals surface area contributed by atoms with Crippen molar-refractivity contribution in [2.45, 2.75) is 39.5 Å². The Labute approximate surface area is 133 Å². The third kappa shape index (κ3) is 3.81. The molecule has 4 heteroatoms. The molecule has 0 bridgehead atoms. The number of hydrogen-bond donors (Lipinski definition) is 1. The van der Waals surface area contributed by atoms with Gasteiger partial charge in [0, 0.05) is 37.2 Å². The Hall–Kier alpha value is -1.97. The Morgan fingerprint density at radius 1 is 1.14 bits per heavy atom. The van der Waals surface area contributed by atoms with Crippen molar-refractivity contribution in [3.05, 3.63) is 30.5 Å². The number of amides is 2. The van der Waals surface area contributed by atoms with Crippen molar-refractivity contribution in [2.24, 2.45) is 7.05 Å². The molecule has 2 aromatic rings. The number of aromatic nitrogens is 1. The first-order valence-electron chi connectivity index (χ1n) is 8.27. The van der Waals surface area contributed by atoms with Gasteiger partial charge in [-0.1, -0.05) is 44.9 Å². The number of carbonyl (C=O) groups excluding carboxylic acids is 1. The molecule has 0 spiro atoms. The summed E-state index contributed by atoms with van der Waals surface area (Å²) in [4.78, 5) is 14.5. The topological polar surface area (TPSA) is 37.3 Å². The van der Waals surface area contributed by atoms with E-state index in [1.54, 1.807) is 0 Å². The molecule has 22 heavy (non-hydrogen) atoms. The number of anilines is 1. The largest absolute Gasteiger partial charge is 0.348 e. The van der Waals surface area contributed by atoms with Crippen LogP contribution in [0.3, 0.4) is 0 Å². The van der Waals surface area contributed by atoms with E-state index in [2.05, 4.69) is 25.2 Å². The van der Waals surface area contributed by atoms with Gasteiger partial charge in [-0.3, -0.25) is 0 Å². The van der Waals surface area contributed by atoms with Crippen LogP contribution in [0.5, 0.6) is 0 Å². The summed E-state index contributed by atoms with van der Waals surface area (Å²) in [5.41, 5.74) is 2.02. The van der Waals surface area contributed by atoms with Crippen molar-refractivity contribution >= 4 is 22.6 Å². The number of nitrogens with one attached hydrogen (secondary N) is 1. The molecule has 0 aliphatic carbocycles. The smallest absolute Gasteiger partial charge is 0.321 e. The van der Waals surface area contributed by atoms with E-state index < -0.39 is 0 Å². The van der Waals surface area contributed by atoms with Crippen LogP contribution in [0, 0.1) is 0 Å². The summed E-state index contributed by atoms with van der Waals surface area (Å²) in [5, 5.41) is 4.18. The van der Waals surface area contributed by atoms with E-state index in [0.29, 0.717) is 0 Å². The minimum absolute atomic E-state index is 0.0123. The van der Waals surface area contributed by atoms with Crippen molar-refractivity contribution < 1.29 is 4.79 Å². The van der Waals surface area contributed by atoms with Crippen molar-refractivity contribution in [1.82, 2.24) is 9.47 Å². The summed E-state index contributed by atoms with van der Waals surface area (Å²) in [6, 6.07) is 8.15. The second-order valence-corrected chi connectivity index (χ2v) is 5.80. The van der Waals surface area contributed by atoms with Crippen LogP contribution in [0.4, 0.5) is 10.5 Å². The maximum Gasteiger partial charge on any atom is 0.321 e. The maximum absolute atomic E-state index is 12.6. The van der Waals surface area contributed by atoms with Gasteiger partial charge in [-0.25, -0.2) is 4.79 Å². The van der Waals surface area contributed by atoms with Gasteiger partial charge in [0.1, 0.15) is 0 Å². The van der Waals surface area contributed by atoms with Gasteiger partial charge in [0.2, 0.25) is 0 Å². The molecule has 1 N–H and O–H groups in total. The number of unbranched alkanes of at least 4 members (excludes halogenated alkanes) is 2. The van der Waals surface area contributed by atoms with Crippen LogP contribution in [0.2, 0.25) is 0 Å². The van der Waals surface area contributed by atoms with Crippen molar-refractivity contribution in [1.29, 1.82) is 0 Å². The number of urea groups is 1. The van der Waals surface area contributed by atoms with E-state index in [4.69, 9.17) is 0 Å². The number of hydrogen-bond acceptors (Lipinski definition) is 1. The predicted octanol–water partition coefficient (Wildman–Crippen LogP) is 4.61. The SMILES string of the molecule is CCCCN(CCCC)C(=O)Nc1cn(C)c2ccccc12. The van der Waals surface area contributed by atoms with Crippen molar-refractivity contribution in [3.8, 4) is 0 Å². The van der Waals surface area contributed by atoms with E-state index >= 15 is 0 Å². The molecule has 1 aromatic carbocycles. The fourth-order valence-corrected chi connectivity index (χ4v) is 2.65. The van der Waals surface area contributed by atoms with E-state index in [-0.39, 0.29) is 6.03 Å². The molecule has 0 saturated carbocycles. The van der Waals surface area contributed by atoms with Gasteiger partial charge in [-0.2, -0.15) is 0 Å². The van der Waals surface area contributed by atoms with Crippen LogP contribution in [0.25, 0.3) is 10.9 Å². The summed E-state index contributed by atoms with van der Waals surface area (Å²) in [7, 11) is 2.00. The maximum atomic E-state index is 12.6. The zero-order chi connectivity index (χ0) is 15.9. The second-order valence-electron chi connectivity index (χ2n) is 5.80. The highest BCUT2D eigenvalue weighted by molar-refractivity contribution is 6.01. The van der Waals surface area contributed by atoms with Gasteiger partial charge >= 0.3 is 6.03 Å². The lowest BCUT2D eigenvalue weighted by Gasteiger charge is -2.22. The van der Waals surface area contributed by atoms with Crippen LogP contribution in [0.15, 0.2) is 30.5 Å². The summed E-state index contributed by atoms with van der Waals surface area (Å²) < 4.78 is 2.05. The van der Waals surface area contributed by atoms with Crippen LogP contribution in [-0.2, 0) is 7.05 Å². The average Bonchev–Trinajstić information content (AvgIpc) is 2.84. The predicted molar refractivity (Wildman–Crippen MR) is 93.3 cm³/mol. The first-order chi connectivity index (χ1) is 10.7. The molecule has 4 nitrogen and oxygen atoms in total. The molecular formula is C18H27N3O. The van der Waals surface area contributed by atoms with Gasteiger partial charge in [0.05, 0.1) is 5.69 Å². The monoisotopic (exact) mass is 301 g/mol. The third-order valence-corrected chi connectivity index (χ3v) is 3.99. The molecule has 0 saturated heterocycles. The minimum Gasteiger partial charge on any atom is -0.348 e. The van der Waals surface area contributed by atoms with E-state index in [1.807, 2.05) is 40.9 Å². The molecule has 0 atom stereocenters. The first kappa shape index (κ1) is 16.4. The highest BCUT2D eigenvalue weighted by atomic mass is 16.2. The molecule has 2 rings (SSSR count). The van der Waals surface area contributed by atoms with Gasteiger partial charge in [-0.15, -0.1) is 0 Å². The van der Waals surface area contributed by atoms with E-state index in [9.17, 15) is 4.79 Å². The Morgan fingerprint density at radius 2 is 1.77 bits per heavy atom. The van der Waals surface area contributed by atoms with Crippen LogP contribution < -0.4 is 5.32 Å². The number of para-hydroxylation sites is 1. The number of aryl methyl sites for hydroxylation is 1. The molecule has 0 unspecified atom stereocenters. The lowest BCUT2D eigenvalue weighted by atomic mass is 10.2. The fourth-order valence-electron chi connectivity index (χ4n) is 2.65. The van der Waals surface area contributed by atoms with Gasteiger partial charge < -0.3 is 14.8 Å². The number of carbonyl (C=O) groups is 1. The molecule has 0 aliphatic heterocycles. The van der Waals surface area contributed by atoms with E-state index in [1.165, 1.54) is 0 Å². The van der Waals surface area contributed by atoms with Crippen molar-refractivity contribution in [3.63, 3.8) is 0 Å². The van der Waals surface area contributed by atoms with Crippen LogP contribution in [-0.4, -0.2) is 28.6 Å². The van der Waals surface area contributed by atoms with Gasteiger partial charge in [-0.05, 0) is 18.9 Å². The third-order valence-electron chi connectivity index (χ3n) is 3.99. The molecular weight excluding hydrogens is 274 g/mol.